The Kier molecular flexibility index (Phi) is 6.03. The van der Waals surface area contributed by atoms with Crippen molar-refractivity contribution in [1.82, 2.24) is 14.7 Å². The molecule has 1 aromatic carbocycles. The minimum Gasteiger partial charge on any atom is -0.395 e. The lowest BCUT2D eigenvalue weighted by Gasteiger charge is -2.32. The third-order valence-electron chi connectivity index (χ3n) is 6.05. The van der Waals surface area contributed by atoms with Gasteiger partial charge in [-0.05, 0) is 44.4 Å². The Morgan fingerprint density at radius 1 is 1.17 bits per heavy atom. The Morgan fingerprint density at radius 2 is 1.87 bits per heavy atom. The number of hydrogen-bond acceptors (Lipinski definition) is 7. The van der Waals surface area contributed by atoms with Gasteiger partial charge in [0, 0.05) is 37.3 Å². The molecule has 0 aliphatic carbocycles. The van der Waals surface area contributed by atoms with Crippen molar-refractivity contribution in [3.63, 3.8) is 0 Å². The highest BCUT2D eigenvalue weighted by Gasteiger charge is 2.33. The number of non-ortho nitro benzene ring substituents is 1. The van der Waals surface area contributed by atoms with Gasteiger partial charge in [0.15, 0.2) is 0 Å². The van der Waals surface area contributed by atoms with Gasteiger partial charge in [0.1, 0.15) is 5.02 Å². The summed E-state index contributed by atoms with van der Waals surface area (Å²) in [4.78, 5) is 27.7. The second kappa shape index (κ2) is 8.71. The molecule has 9 nitrogen and oxygen atoms in total. The molecule has 10 heteroatoms. The van der Waals surface area contributed by atoms with E-state index in [0.29, 0.717) is 11.4 Å². The highest BCUT2D eigenvalue weighted by atomic mass is 35.5. The van der Waals surface area contributed by atoms with Gasteiger partial charge in [0.2, 0.25) is 0 Å². The maximum atomic E-state index is 12.9. The lowest BCUT2D eigenvalue weighted by atomic mass is 10.1. The van der Waals surface area contributed by atoms with Gasteiger partial charge in [-0.15, -0.1) is 0 Å². The van der Waals surface area contributed by atoms with Crippen molar-refractivity contribution < 1.29 is 10.0 Å². The summed E-state index contributed by atoms with van der Waals surface area (Å²) in [5, 5.41) is 24.8. The molecule has 2 fully saturated rings. The van der Waals surface area contributed by atoms with Crippen molar-refractivity contribution in [3.05, 3.63) is 56.0 Å². The predicted octanol–water partition coefficient (Wildman–Crippen LogP) is 2.22. The third-order valence-corrected chi connectivity index (χ3v) is 6.40. The largest absolute Gasteiger partial charge is 0.395 e. The number of nitro groups is 1. The summed E-state index contributed by atoms with van der Waals surface area (Å²) in [6.45, 7) is 2.77. The van der Waals surface area contributed by atoms with Crippen molar-refractivity contribution in [3.8, 4) is 5.69 Å². The second-order valence-electron chi connectivity index (χ2n) is 7.80. The quantitative estimate of drug-likeness (QED) is 0.550. The number of aliphatic hydroxyl groups excluding tert-OH is 1. The Bertz CT molecular complexity index is 980. The van der Waals surface area contributed by atoms with Crippen LogP contribution < -0.4 is 10.5 Å². The first kappa shape index (κ1) is 20.8. The van der Waals surface area contributed by atoms with Crippen LogP contribution in [0.3, 0.4) is 0 Å². The summed E-state index contributed by atoms with van der Waals surface area (Å²) in [5.74, 6) is 0. The van der Waals surface area contributed by atoms with Gasteiger partial charge in [0.25, 0.3) is 11.2 Å². The van der Waals surface area contributed by atoms with Crippen LogP contribution in [0.4, 0.5) is 11.4 Å². The zero-order valence-electron chi connectivity index (χ0n) is 16.5. The first-order chi connectivity index (χ1) is 14.5. The number of anilines is 1. The summed E-state index contributed by atoms with van der Waals surface area (Å²) in [6.07, 6.45) is 5.69. The molecule has 2 aliphatic rings. The topological polar surface area (TPSA) is 105 Å². The first-order valence-electron chi connectivity index (χ1n) is 10.1. The second-order valence-corrected chi connectivity index (χ2v) is 8.18. The summed E-state index contributed by atoms with van der Waals surface area (Å²) in [6, 6.07) is 6.03. The van der Waals surface area contributed by atoms with Crippen molar-refractivity contribution in [2.75, 3.05) is 31.1 Å². The smallest absolute Gasteiger partial charge is 0.292 e. The van der Waals surface area contributed by atoms with E-state index >= 15 is 0 Å². The number of benzene rings is 1. The number of nitrogens with zero attached hydrogens (tertiary/aromatic N) is 5. The molecule has 2 aliphatic heterocycles. The fraction of sp³-hybridized carbons (Fsp3) is 0.500. The van der Waals surface area contributed by atoms with Gasteiger partial charge < -0.3 is 10.0 Å². The van der Waals surface area contributed by atoms with Crippen LogP contribution >= 0.6 is 11.6 Å². The first-order valence-corrected chi connectivity index (χ1v) is 10.5. The molecule has 1 N–H and O–H groups in total. The zero-order valence-corrected chi connectivity index (χ0v) is 17.2. The van der Waals surface area contributed by atoms with Gasteiger partial charge in [-0.3, -0.25) is 19.8 Å². The van der Waals surface area contributed by atoms with E-state index in [1.807, 2.05) is 0 Å². The number of halogens is 1. The lowest BCUT2D eigenvalue weighted by molar-refractivity contribution is -0.384. The monoisotopic (exact) mass is 433 g/mol. The standard InChI is InChI=1S/C20H24ClN5O4/c21-19-18(24-10-2-3-16(24)12-23-9-1-4-17(23)13-27)11-22-25(20(19)28)14-5-7-15(8-6-14)26(29)30/h5-8,11,16-17,27H,1-4,9-10,12-13H2. The molecule has 2 aromatic rings. The molecule has 0 amide bonds. The molecule has 30 heavy (non-hydrogen) atoms. The number of likely N-dealkylation sites (tertiary alicyclic amines) is 1. The Balaban J connectivity index is 1.58. The molecule has 2 unspecified atom stereocenters. The molecule has 3 heterocycles. The van der Waals surface area contributed by atoms with Crippen LogP contribution in [0.5, 0.6) is 0 Å². The number of aliphatic hydroxyl groups is 1. The molecule has 0 radical (unpaired) electrons. The fourth-order valence-corrected chi connectivity index (χ4v) is 4.72. The molecule has 0 bridgehead atoms. The van der Waals surface area contributed by atoms with Gasteiger partial charge in [-0.2, -0.15) is 9.78 Å². The zero-order chi connectivity index (χ0) is 21.3. The third kappa shape index (κ3) is 3.92. The van der Waals surface area contributed by atoms with Crippen LogP contribution in [0.2, 0.25) is 5.02 Å². The lowest BCUT2D eigenvalue weighted by Crippen LogP contribution is -2.44. The Labute approximate surface area is 178 Å². The highest BCUT2D eigenvalue weighted by Crippen LogP contribution is 2.31. The minimum absolute atomic E-state index is 0.0579. The molecule has 2 saturated heterocycles. The van der Waals surface area contributed by atoms with Crippen molar-refractivity contribution >= 4 is 23.0 Å². The average molecular weight is 434 g/mol. The maximum absolute atomic E-state index is 12.9. The van der Waals surface area contributed by atoms with E-state index in [2.05, 4.69) is 14.9 Å². The molecular formula is C20H24ClN5O4. The van der Waals surface area contributed by atoms with Gasteiger partial charge in [-0.25, -0.2) is 0 Å². The molecule has 1 aromatic heterocycles. The van der Waals surface area contributed by atoms with Crippen molar-refractivity contribution in [2.45, 2.75) is 37.8 Å². The normalized spacial score (nSPS) is 22.0. The van der Waals surface area contributed by atoms with Crippen LogP contribution in [-0.2, 0) is 0 Å². The molecule has 0 spiro atoms. The molecule has 160 valence electrons. The SMILES string of the molecule is O=c1c(Cl)c(N2CCCC2CN2CCCC2CO)cnn1-c1ccc([N+](=O)[O-])cc1. The van der Waals surface area contributed by atoms with E-state index in [9.17, 15) is 20.0 Å². The summed E-state index contributed by atoms with van der Waals surface area (Å²) >= 11 is 6.47. The van der Waals surface area contributed by atoms with Crippen LogP contribution in [-0.4, -0.2) is 63.0 Å². The van der Waals surface area contributed by atoms with Gasteiger partial charge >= 0.3 is 0 Å². The number of rotatable bonds is 6. The fourth-order valence-electron chi connectivity index (χ4n) is 4.48. The van der Waals surface area contributed by atoms with E-state index in [0.717, 1.165) is 50.0 Å². The van der Waals surface area contributed by atoms with Crippen molar-refractivity contribution in [1.29, 1.82) is 0 Å². The van der Waals surface area contributed by atoms with Crippen molar-refractivity contribution in [2.24, 2.45) is 0 Å². The van der Waals surface area contributed by atoms with Gasteiger partial charge in [-0.1, -0.05) is 11.6 Å². The van der Waals surface area contributed by atoms with Crippen LogP contribution in [0.15, 0.2) is 35.3 Å². The Hall–Kier alpha value is -2.49. The average Bonchev–Trinajstić information content (AvgIpc) is 3.39. The number of aromatic nitrogens is 2. The van der Waals surface area contributed by atoms with Crippen LogP contribution in [0.25, 0.3) is 5.69 Å². The molecule has 0 saturated carbocycles. The van der Waals surface area contributed by atoms with Crippen LogP contribution in [0, 0.1) is 10.1 Å². The van der Waals surface area contributed by atoms with E-state index in [-0.39, 0.29) is 29.4 Å². The summed E-state index contributed by atoms with van der Waals surface area (Å²) in [7, 11) is 0. The predicted molar refractivity (Wildman–Crippen MR) is 114 cm³/mol. The molecule has 4 rings (SSSR count). The van der Waals surface area contributed by atoms with E-state index in [4.69, 9.17) is 11.6 Å². The maximum Gasteiger partial charge on any atom is 0.292 e. The summed E-state index contributed by atoms with van der Waals surface area (Å²) < 4.78 is 1.16. The Morgan fingerprint density at radius 3 is 2.57 bits per heavy atom. The van der Waals surface area contributed by atoms with Gasteiger partial charge in [0.05, 0.1) is 29.1 Å². The summed E-state index contributed by atoms with van der Waals surface area (Å²) in [5.41, 5.74) is 0.516. The molecular weight excluding hydrogens is 410 g/mol. The van der Waals surface area contributed by atoms with E-state index < -0.39 is 10.5 Å². The molecule has 2 atom stereocenters. The van der Waals surface area contributed by atoms with E-state index in [1.54, 1.807) is 6.20 Å². The number of nitro benzene ring substituents is 1. The minimum atomic E-state index is -0.495. The van der Waals surface area contributed by atoms with Crippen LogP contribution in [0.1, 0.15) is 25.7 Å². The number of hydrogen-bond donors (Lipinski definition) is 1. The highest BCUT2D eigenvalue weighted by molar-refractivity contribution is 6.33. The van der Waals surface area contributed by atoms with E-state index in [1.165, 1.54) is 24.3 Å².